The molecular weight excluding hydrogens is 420 g/mol. The van der Waals surface area contributed by atoms with E-state index in [0.29, 0.717) is 18.4 Å². The smallest absolute Gasteiger partial charge is 0.227 e. The van der Waals surface area contributed by atoms with Crippen molar-refractivity contribution in [2.45, 2.75) is 52.0 Å². The number of hydrogen-bond acceptors (Lipinski definition) is 3. The summed E-state index contributed by atoms with van der Waals surface area (Å²) in [5.74, 6) is 0.215. The molecule has 2 atom stereocenters. The van der Waals surface area contributed by atoms with Crippen molar-refractivity contribution >= 4 is 23.1 Å². The van der Waals surface area contributed by atoms with Gasteiger partial charge in [-0.3, -0.25) is 14.5 Å². The summed E-state index contributed by atoms with van der Waals surface area (Å²) in [4.78, 5) is 29.1. The van der Waals surface area contributed by atoms with Crippen molar-refractivity contribution in [3.05, 3.63) is 106 Å². The van der Waals surface area contributed by atoms with Crippen LogP contribution in [0.1, 0.15) is 60.4 Å². The zero-order valence-electron chi connectivity index (χ0n) is 20.0. The third-order valence-corrected chi connectivity index (χ3v) is 7.00. The molecule has 2 aliphatic rings. The van der Waals surface area contributed by atoms with Gasteiger partial charge >= 0.3 is 0 Å². The number of carbonyl (C=O) groups excluding carboxylic acids is 2. The molecule has 4 heteroatoms. The van der Waals surface area contributed by atoms with Gasteiger partial charge in [0.15, 0.2) is 5.78 Å². The number of carbonyl (C=O) groups is 2. The number of rotatable bonds is 3. The van der Waals surface area contributed by atoms with E-state index in [2.05, 4.69) is 48.6 Å². The summed E-state index contributed by atoms with van der Waals surface area (Å²) in [7, 11) is 0. The molecule has 0 saturated carbocycles. The second-order valence-corrected chi connectivity index (χ2v) is 9.40. The van der Waals surface area contributed by atoms with Gasteiger partial charge in [0.1, 0.15) is 0 Å². The lowest BCUT2D eigenvalue weighted by Gasteiger charge is -2.35. The first-order valence-electron chi connectivity index (χ1n) is 12.0. The highest BCUT2D eigenvalue weighted by molar-refractivity contribution is 6.06. The van der Waals surface area contributed by atoms with E-state index in [1.807, 2.05) is 55.1 Å². The lowest BCUT2D eigenvalue weighted by molar-refractivity contribution is -0.119. The lowest BCUT2D eigenvalue weighted by Crippen LogP contribution is -2.38. The molecule has 4 nitrogen and oxygen atoms in total. The minimum absolute atomic E-state index is 0.00188. The third-order valence-electron chi connectivity index (χ3n) is 7.00. The molecule has 1 aliphatic carbocycles. The van der Waals surface area contributed by atoms with Crippen molar-refractivity contribution in [2.75, 3.05) is 10.2 Å². The summed E-state index contributed by atoms with van der Waals surface area (Å²) < 4.78 is 0. The van der Waals surface area contributed by atoms with Gasteiger partial charge in [-0.2, -0.15) is 0 Å². The Hall–Kier alpha value is -3.66. The summed E-state index contributed by atoms with van der Waals surface area (Å²) in [6, 6.07) is 24.1. The molecule has 1 N–H and O–H groups in total. The first-order valence-corrected chi connectivity index (χ1v) is 12.0. The number of hydrogen-bond donors (Lipinski definition) is 1. The molecule has 0 fully saturated rings. The van der Waals surface area contributed by atoms with E-state index in [1.54, 1.807) is 0 Å². The van der Waals surface area contributed by atoms with E-state index < -0.39 is 6.04 Å². The lowest BCUT2D eigenvalue weighted by atomic mass is 9.78. The normalized spacial score (nSPS) is 19.7. The zero-order valence-corrected chi connectivity index (χ0v) is 20.0. The molecule has 1 aliphatic heterocycles. The van der Waals surface area contributed by atoms with Crippen LogP contribution in [0.3, 0.4) is 0 Å². The van der Waals surface area contributed by atoms with Crippen LogP contribution in [0.25, 0.3) is 0 Å². The van der Waals surface area contributed by atoms with Gasteiger partial charge in [-0.1, -0.05) is 78.7 Å². The Balaban J connectivity index is 1.69. The van der Waals surface area contributed by atoms with Crippen LogP contribution >= 0.6 is 0 Å². The predicted molar refractivity (Wildman–Crippen MR) is 137 cm³/mol. The zero-order chi connectivity index (χ0) is 23.8. The number of Topliss-reactive ketones (excluding diaryl/α,β-unsaturated/α-hetero) is 1. The summed E-state index contributed by atoms with van der Waals surface area (Å²) in [6.45, 7) is 6.00. The van der Waals surface area contributed by atoms with Crippen molar-refractivity contribution in [1.29, 1.82) is 0 Å². The van der Waals surface area contributed by atoms with Gasteiger partial charge in [-0.15, -0.1) is 0 Å². The van der Waals surface area contributed by atoms with E-state index >= 15 is 0 Å². The Morgan fingerprint density at radius 2 is 1.50 bits per heavy atom. The van der Waals surface area contributed by atoms with Crippen LogP contribution in [0.5, 0.6) is 0 Å². The molecule has 3 aromatic rings. The first kappa shape index (κ1) is 22.1. The minimum Gasteiger partial charge on any atom is -0.357 e. The third kappa shape index (κ3) is 3.94. The number of nitrogens with zero attached hydrogens (tertiary/aromatic N) is 1. The molecule has 172 valence electrons. The average molecular weight is 451 g/mol. The van der Waals surface area contributed by atoms with E-state index in [4.69, 9.17) is 0 Å². The van der Waals surface area contributed by atoms with Crippen LogP contribution in [-0.4, -0.2) is 11.7 Å². The van der Waals surface area contributed by atoms with Crippen molar-refractivity contribution < 1.29 is 9.59 Å². The largest absolute Gasteiger partial charge is 0.357 e. The molecule has 0 unspecified atom stereocenters. The number of aryl methyl sites for hydroxylation is 2. The van der Waals surface area contributed by atoms with Crippen LogP contribution < -0.4 is 10.2 Å². The molecular formula is C30H30N2O2. The monoisotopic (exact) mass is 450 g/mol. The Labute approximate surface area is 201 Å². The maximum absolute atomic E-state index is 13.9. The van der Waals surface area contributed by atoms with Crippen molar-refractivity contribution in [3.63, 3.8) is 0 Å². The van der Waals surface area contributed by atoms with Crippen molar-refractivity contribution in [1.82, 2.24) is 0 Å². The summed E-state index contributed by atoms with van der Waals surface area (Å²) in [5.41, 5.74) is 7.81. The van der Waals surface area contributed by atoms with Crippen LogP contribution in [0.4, 0.5) is 11.4 Å². The fraction of sp³-hybridized carbons (Fsp3) is 0.267. The van der Waals surface area contributed by atoms with Gasteiger partial charge in [0.05, 0.1) is 17.4 Å². The standard InChI is InChI=1S/C30H30N2O2/c1-4-28(34)32-26-8-6-5-7-24(26)31-25-17-23(21-13-9-19(2)10-14-21)18-27(33)29(25)30(32)22-15-11-20(3)12-16-22/h5-16,23,30-31H,4,17-18H2,1-3H3/t23-,30-/m0/s1. The molecule has 0 radical (unpaired) electrons. The van der Waals surface area contributed by atoms with Crippen molar-refractivity contribution in [2.24, 2.45) is 0 Å². The number of ketones is 1. The fourth-order valence-corrected chi connectivity index (χ4v) is 5.17. The van der Waals surface area contributed by atoms with Gasteiger partial charge in [0.2, 0.25) is 5.91 Å². The molecule has 0 aromatic heterocycles. The highest BCUT2D eigenvalue weighted by Gasteiger charge is 2.41. The quantitative estimate of drug-likeness (QED) is 0.488. The number of para-hydroxylation sites is 2. The maximum Gasteiger partial charge on any atom is 0.227 e. The summed E-state index contributed by atoms with van der Waals surface area (Å²) >= 11 is 0. The van der Waals surface area contributed by atoms with Gasteiger partial charge in [-0.05, 0) is 49.4 Å². The van der Waals surface area contributed by atoms with Gasteiger partial charge in [-0.25, -0.2) is 0 Å². The van der Waals surface area contributed by atoms with E-state index in [9.17, 15) is 9.59 Å². The van der Waals surface area contributed by atoms with Crippen LogP contribution in [0.2, 0.25) is 0 Å². The highest BCUT2D eigenvalue weighted by atomic mass is 16.2. The Kier molecular flexibility index (Phi) is 5.82. The number of benzene rings is 3. The molecule has 1 heterocycles. The number of allylic oxidation sites excluding steroid dienone is 1. The molecule has 1 amide bonds. The number of amides is 1. The summed E-state index contributed by atoms with van der Waals surface area (Å²) in [5, 5.41) is 3.59. The predicted octanol–water partition coefficient (Wildman–Crippen LogP) is 6.61. The number of fused-ring (bicyclic) bond motifs is 1. The molecule has 0 spiro atoms. The van der Waals surface area contributed by atoms with Crippen LogP contribution in [-0.2, 0) is 9.59 Å². The van der Waals surface area contributed by atoms with Crippen LogP contribution in [0.15, 0.2) is 84.1 Å². The second kappa shape index (κ2) is 8.94. The highest BCUT2D eigenvalue weighted by Crippen LogP contribution is 2.47. The van der Waals surface area contributed by atoms with Crippen LogP contribution in [0, 0.1) is 13.8 Å². The fourth-order valence-electron chi connectivity index (χ4n) is 5.17. The Bertz CT molecular complexity index is 1270. The summed E-state index contributed by atoms with van der Waals surface area (Å²) in [6.07, 6.45) is 1.53. The Morgan fingerprint density at radius 3 is 2.15 bits per heavy atom. The number of anilines is 2. The maximum atomic E-state index is 13.9. The Morgan fingerprint density at radius 1 is 0.882 bits per heavy atom. The first-order chi connectivity index (χ1) is 16.5. The topological polar surface area (TPSA) is 49.4 Å². The molecule has 5 rings (SSSR count). The SMILES string of the molecule is CCC(=O)N1c2ccccc2NC2=C(C(=O)C[C@@H](c3ccc(C)cc3)C2)[C@@H]1c1ccc(C)cc1. The average Bonchev–Trinajstić information content (AvgIpc) is 2.99. The van der Waals surface area contributed by atoms with Gasteiger partial charge in [0.25, 0.3) is 0 Å². The van der Waals surface area contributed by atoms with E-state index in [-0.39, 0.29) is 17.6 Å². The molecule has 34 heavy (non-hydrogen) atoms. The molecule has 3 aromatic carbocycles. The number of nitrogens with one attached hydrogen (secondary N) is 1. The van der Waals surface area contributed by atoms with Gasteiger partial charge < -0.3 is 5.32 Å². The van der Waals surface area contributed by atoms with E-state index in [0.717, 1.165) is 34.6 Å². The molecule has 0 bridgehead atoms. The minimum atomic E-state index is -0.453. The van der Waals surface area contributed by atoms with Gasteiger partial charge in [0, 0.05) is 24.1 Å². The van der Waals surface area contributed by atoms with E-state index in [1.165, 1.54) is 11.1 Å². The second-order valence-electron chi connectivity index (χ2n) is 9.40. The molecule has 0 saturated heterocycles. The van der Waals surface area contributed by atoms with Crippen molar-refractivity contribution in [3.8, 4) is 0 Å².